The molecule has 15 heavy (non-hydrogen) atoms. The van der Waals surface area contributed by atoms with Crippen LogP contribution in [-0.2, 0) is 6.42 Å². The summed E-state index contributed by atoms with van der Waals surface area (Å²) in [6.45, 7) is 1.84. The van der Waals surface area contributed by atoms with Crippen molar-refractivity contribution >= 4 is 24.2 Å². The van der Waals surface area contributed by atoms with Gasteiger partial charge in [0, 0.05) is 17.3 Å². The molecule has 1 N–H and O–H groups in total. The molecule has 0 saturated heterocycles. The molecule has 0 radical (unpaired) electrons. The fraction of sp³-hybridized carbons (Fsp3) is 0.455. The Morgan fingerprint density at radius 2 is 2.20 bits per heavy atom. The molecule has 0 aliphatic carbocycles. The summed E-state index contributed by atoms with van der Waals surface area (Å²) in [4.78, 5) is 0. The maximum absolute atomic E-state index is 5.93. The van der Waals surface area contributed by atoms with Crippen molar-refractivity contribution in [2.24, 2.45) is 0 Å². The smallest absolute Gasteiger partial charge is 0.122 e. The first-order valence-electron chi connectivity index (χ1n) is 4.92. The van der Waals surface area contributed by atoms with E-state index in [2.05, 4.69) is 17.9 Å². The number of hydrogen-bond donors (Lipinski definition) is 2. The number of nitrogens with one attached hydrogen (secondary N) is 1. The summed E-state index contributed by atoms with van der Waals surface area (Å²) in [5, 5.41) is 4.03. The molecule has 0 saturated carbocycles. The van der Waals surface area contributed by atoms with Crippen molar-refractivity contribution < 1.29 is 4.74 Å². The maximum atomic E-state index is 5.93. The van der Waals surface area contributed by atoms with Crippen LogP contribution in [-0.4, -0.2) is 26.0 Å². The third kappa shape index (κ3) is 4.33. The lowest BCUT2D eigenvalue weighted by Gasteiger charge is -2.09. The second-order valence-corrected chi connectivity index (χ2v) is 4.06. The zero-order chi connectivity index (χ0) is 11.1. The van der Waals surface area contributed by atoms with Gasteiger partial charge < -0.3 is 10.1 Å². The van der Waals surface area contributed by atoms with E-state index in [-0.39, 0.29) is 0 Å². The van der Waals surface area contributed by atoms with Crippen LogP contribution in [0.3, 0.4) is 0 Å². The maximum Gasteiger partial charge on any atom is 0.122 e. The summed E-state index contributed by atoms with van der Waals surface area (Å²) < 4.78 is 5.26. The van der Waals surface area contributed by atoms with E-state index in [1.807, 2.05) is 18.2 Å². The lowest BCUT2D eigenvalue weighted by atomic mass is 10.1. The van der Waals surface area contributed by atoms with Crippen LogP contribution in [0, 0.1) is 0 Å². The number of ether oxygens (including phenoxy) is 1. The molecule has 0 aromatic heterocycles. The first-order valence-corrected chi connectivity index (χ1v) is 5.93. The Morgan fingerprint density at radius 3 is 2.87 bits per heavy atom. The van der Waals surface area contributed by atoms with E-state index in [0.717, 1.165) is 41.6 Å². The summed E-state index contributed by atoms with van der Waals surface area (Å²) >= 11 is 10.1. The van der Waals surface area contributed by atoms with E-state index >= 15 is 0 Å². The second-order valence-electron chi connectivity index (χ2n) is 3.18. The largest absolute Gasteiger partial charge is 0.496 e. The minimum atomic E-state index is 0.750. The molecule has 0 atom stereocenters. The average molecular weight is 246 g/mol. The Kier molecular flexibility index (Phi) is 5.91. The summed E-state index contributed by atoms with van der Waals surface area (Å²) in [6.07, 6.45) is 0.914. The van der Waals surface area contributed by atoms with E-state index in [9.17, 15) is 0 Å². The fourth-order valence-corrected chi connectivity index (χ4v) is 1.72. The van der Waals surface area contributed by atoms with Crippen LogP contribution < -0.4 is 10.1 Å². The molecule has 0 unspecified atom stereocenters. The number of benzene rings is 1. The molecular formula is C11H16ClNOS. The fourth-order valence-electron chi connectivity index (χ4n) is 1.37. The Hall–Kier alpha value is -0.380. The lowest BCUT2D eigenvalue weighted by molar-refractivity contribution is 0.409. The predicted octanol–water partition coefficient (Wildman–Crippen LogP) is 2.41. The van der Waals surface area contributed by atoms with Crippen molar-refractivity contribution in [2.75, 3.05) is 26.0 Å². The van der Waals surface area contributed by atoms with Crippen LogP contribution in [0.4, 0.5) is 0 Å². The SMILES string of the molecule is COc1ccc(Cl)cc1CCNCCS. The predicted molar refractivity (Wildman–Crippen MR) is 68.4 cm³/mol. The third-order valence-electron chi connectivity index (χ3n) is 2.10. The van der Waals surface area contributed by atoms with E-state index in [1.54, 1.807) is 7.11 Å². The monoisotopic (exact) mass is 245 g/mol. The van der Waals surface area contributed by atoms with Crippen LogP contribution in [0.25, 0.3) is 0 Å². The van der Waals surface area contributed by atoms with Gasteiger partial charge in [-0.2, -0.15) is 12.6 Å². The van der Waals surface area contributed by atoms with Crippen molar-refractivity contribution in [1.29, 1.82) is 0 Å². The minimum Gasteiger partial charge on any atom is -0.496 e. The van der Waals surface area contributed by atoms with Crippen molar-refractivity contribution in [2.45, 2.75) is 6.42 Å². The molecule has 0 amide bonds. The molecule has 0 aliphatic heterocycles. The Labute approximate surface area is 101 Å². The number of thiol groups is 1. The standard InChI is InChI=1S/C11H16ClNOS/c1-14-11-3-2-10(12)8-9(11)4-5-13-6-7-15/h2-3,8,13,15H,4-7H2,1H3. The summed E-state index contributed by atoms with van der Waals surface area (Å²) in [5.74, 6) is 1.75. The zero-order valence-corrected chi connectivity index (χ0v) is 10.4. The van der Waals surface area contributed by atoms with Crippen molar-refractivity contribution in [3.05, 3.63) is 28.8 Å². The molecule has 0 fully saturated rings. The number of halogens is 1. The molecule has 1 aromatic carbocycles. The van der Waals surface area contributed by atoms with Crippen LogP contribution in [0.2, 0.25) is 5.02 Å². The number of rotatable bonds is 6. The van der Waals surface area contributed by atoms with Gasteiger partial charge in [0.2, 0.25) is 0 Å². The highest BCUT2D eigenvalue weighted by molar-refractivity contribution is 7.80. The third-order valence-corrected chi connectivity index (χ3v) is 2.56. The normalized spacial score (nSPS) is 10.3. The van der Waals surface area contributed by atoms with Crippen molar-refractivity contribution in [3.8, 4) is 5.75 Å². The van der Waals surface area contributed by atoms with Crippen LogP contribution >= 0.6 is 24.2 Å². The van der Waals surface area contributed by atoms with Gasteiger partial charge in [-0.3, -0.25) is 0 Å². The Balaban J connectivity index is 2.54. The molecule has 0 aliphatic rings. The molecule has 4 heteroatoms. The Bertz CT molecular complexity index is 307. The molecule has 2 nitrogen and oxygen atoms in total. The highest BCUT2D eigenvalue weighted by Crippen LogP contribution is 2.22. The van der Waals surface area contributed by atoms with Gasteiger partial charge in [-0.25, -0.2) is 0 Å². The van der Waals surface area contributed by atoms with Gasteiger partial charge in [0.05, 0.1) is 7.11 Å². The first-order chi connectivity index (χ1) is 7.27. The molecule has 1 rings (SSSR count). The summed E-state index contributed by atoms with van der Waals surface area (Å²) in [7, 11) is 1.67. The van der Waals surface area contributed by atoms with E-state index < -0.39 is 0 Å². The highest BCUT2D eigenvalue weighted by Gasteiger charge is 2.02. The molecule has 0 spiro atoms. The van der Waals surface area contributed by atoms with Gasteiger partial charge in [0.1, 0.15) is 5.75 Å². The first kappa shape index (κ1) is 12.7. The number of methoxy groups -OCH3 is 1. The number of hydrogen-bond acceptors (Lipinski definition) is 3. The van der Waals surface area contributed by atoms with Gasteiger partial charge >= 0.3 is 0 Å². The topological polar surface area (TPSA) is 21.3 Å². The van der Waals surface area contributed by atoms with E-state index in [0.29, 0.717) is 0 Å². The van der Waals surface area contributed by atoms with Crippen molar-refractivity contribution in [1.82, 2.24) is 5.32 Å². The summed E-state index contributed by atoms with van der Waals surface area (Å²) in [5.41, 5.74) is 1.14. The van der Waals surface area contributed by atoms with Gasteiger partial charge in [-0.15, -0.1) is 0 Å². The minimum absolute atomic E-state index is 0.750. The molecule has 1 aromatic rings. The quantitative estimate of drug-likeness (QED) is 0.593. The van der Waals surface area contributed by atoms with Crippen LogP contribution in [0.5, 0.6) is 5.75 Å². The highest BCUT2D eigenvalue weighted by atomic mass is 35.5. The lowest BCUT2D eigenvalue weighted by Crippen LogP contribution is -2.19. The Morgan fingerprint density at radius 1 is 1.40 bits per heavy atom. The van der Waals surface area contributed by atoms with Crippen molar-refractivity contribution in [3.63, 3.8) is 0 Å². The summed E-state index contributed by atoms with van der Waals surface area (Å²) in [6, 6.07) is 5.68. The van der Waals surface area contributed by atoms with Gasteiger partial charge in [0.25, 0.3) is 0 Å². The molecule has 84 valence electrons. The van der Waals surface area contributed by atoms with Crippen LogP contribution in [0.15, 0.2) is 18.2 Å². The van der Waals surface area contributed by atoms with E-state index in [4.69, 9.17) is 16.3 Å². The van der Waals surface area contributed by atoms with Crippen LogP contribution in [0.1, 0.15) is 5.56 Å². The molecular weight excluding hydrogens is 230 g/mol. The molecule has 0 heterocycles. The van der Waals surface area contributed by atoms with Gasteiger partial charge in [-0.05, 0) is 36.7 Å². The zero-order valence-electron chi connectivity index (χ0n) is 8.79. The van der Waals surface area contributed by atoms with Gasteiger partial charge in [0.15, 0.2) is 0 Å². The molecule has 0 bridgehead atoms. The van der Waals surface area contributed by atoms with Gasteiger partial charge in [-0.1, -0.05) is 11.6 Å². The second kappa shape index (κ2) is 6.99. The van der Waals surface area contributed by atoms with E-state index in [1.165, 1.54) is 0 Å². The average Bonchev–Trinajstić information content (AvgIpc) is 2.25.